The van der Waals surface area contributed by atoms with Gasteiger partial charge in [-0.15, -0.1) is 0 Å². The van der Waals surface area contributed by atoms with Crippen LogP contribution in [-0.2, 0) is 10.0 Å². The summed E-state index contributed by atoms with van der Waals surface area (Å²) in [5.74, 6) is 1.04. The highest BCUT2D eigenvalue weighted by molar-refractivity contribution is 7.89. The van der Waals surface area contributed by atoms with E-state index in [1.54, 1.807) is 31.4 Å². The Labute approximate surface area is 157 Å². The van der Waals surface area contributed by atoms with Gasteiger partial charge in [0.05, 0.1) is 25.2 Å². The molecule has 144 valence electrons. The Kier molecular flexibility index (Phi) is 5.33. The maximum Gasteiger partial charge on any atom is 0.293 e. The lowest BCUT2D eigenvalue weighted by Gasteiger charge is -2.19. The van der Waals surface area contributed by atoms with E-state index in [0.29, 0.717) is 5.75 Å². The molecular formula is C18H20N2O6S. The Morgan fingerprint density at radius 3 is 2.19 bits per heavy atom. The number of hydrogen-bond donors (Lipinski definition) is 1. The van der Waals surface area contributed by atoms with Crippen molar-refractivity contribution >= 4 is 15.7 Å². The van der Waals surface area contributed by atoms with Gasteiger partial charge in [-0.05, 0) is 48.6 Å². The molecule has 0 aliphatic heterocycles. The first-order valence-electron chi connectivity index (χ1n) is 8.34. The number of benzene rings is 2. The third kappa shape index (κ3) is 4.20. The van der Waals surface area contributed by atoms with Gasteiger partial charge in [-0.25, -0.2) is 13.1 Å². The minimum absolute atomic E-state index is 0.158. The summed E-state index contributed by atoms with van der Waals surface area (Å²) >= 11 is 0. The van der Waals surface area contributed by atoms with Crippen molar-refractivity contribution < 1.29 is 22.8 Å². The Balaban J connectivity index is 1.95. The van der Waals surface area contributed by atoms with E-state index in [0.717, 1.165) is 24.5 Å². The molecule has 1 fully saturated rings. The lowest BCUT2D eigenvalue weighted by atomic mass is 10.0. The van der Waals surface area contributed by atoms with Gasteiger partial charge in [0.15, 0.2) is 4.90 Å². The van der Waals surface area contributed by atoms with Crippen molar-refractivity contribution in [3.05, 3.63) is 58.1 Å². The number of nitro benzene ring substituents is 1. The van der Waals surface area contributed by atoms with Crippen molar-refractivity contribution in [3.8, 4) is 11.5 Å². The Morgan fingerprint density at radius 2 is 1.67 bits per heavy atom. The molecule has 0 amide bonds. The first-order chi connectivity index (χ1) is 12.9. The molecule has 1 aliphatic rings. The fourth-order valence-corrected chi connectivity index (χ4v) is 4.35. The van der Waals surface area contributed by atoms with E-state index in [-0.39, 0.29) is 16.6 Å². The highest BCUT2D eigenvalue weighted by Gasteiger charge is 2.37. The van der Waals surface area contributed by atoms with Gasteiger partial charge >= 0.3 is 0 Å². The van der Waals surface area contributed by atoms with Gasteiger partial charge in [0, 0.05) is 6.04 Å². The standard InChI is InChI=1S/C18H20N2O6S/c1-25-14-7-5-13(6-8-14)18(12-3-4-12)19-27(23,24)17-10-9-15(26-2)11-16(17)20(21)22/h5-12,18-19H,3-4H2,1-2H3. The molecule has 8 nitrogen and oxygen atoms in total. The molecule has 1 aliphatic carbocycles. The molecule has 1 atom stereocenters. The second kappa shape index (κ2) is 7.53. The zero-order valence-electron chi connectivity index (χ0n) is 14.9. The van der Waals surface area contributed by atoms with Crippen molar-refractivity contribution in [1.82, 2.24) is 4.72 Å². The highest BCUT2D eigenvalue weighted by atomic mass is 32.2. The molecule has 0 heterocycles. The first kappa shape index (κ1) is 19.1. The number of hydrogen-bond acceptors (Lipinski definition) is 6. The molecule has 3 rings (SSSR count). The van der Waals surface area contributed by atoms with Crippen molar-refractivity contribution in [3.63, 3.8) is 0 Å². The van der Waals surface area contributed by atoms with Crippen LogP contribution in [0.2, 0.25) is 0 Å². The molecule has 2 aromatic rings. The summed E-state index contributed by atoms with van der Waals surface area (Å²) in [6, 6.07) is 10.3. The van der Waals surface area contributed by atoms with E-state index in [2.05, 4.69) is 4.72 Å². The van der Waals surface area contributed by atoms with Gasteiger partial charge in [-0.1, -0.05) is 12.1 Å². The largest absolute Gasteiger partial charge is 0.497 e. The number of methoxy groups -OCH3 is 2. The van der Waals surface area contributed by atoms with E-state index in [4.69, 9.17) is 9.47 Å². The quantitative estimate of drug-likeness (QED) is 0.546. The molecule has 0 radical (unpaired) electrons. The normalized spacial score (nSPS) is 15.2. The van der Waals surface area contributed by atoms with Crippen LogP contribution in [0.15, 0.2) is 47.4 Å². The van der Waals surface area contributed by atoms with Crippen LogP contribution in [0.3, 0.4) is 0 Å². The molecule has 1 N–H and O–H groups in total. The summed E-state index contributed by atoms with van der Waals surface area (Å²) in [5.41, 5.74) is 0.268. The third-order valence-electron chi connectivity index (χ3n) is 4.50. The van der Waals surface area contributed by atoms with Crippen LogP contribution in [0, 0.1) is 16.0 Å². The van der Waals surface area contributed by atoms with E-state index in [9.17, 15) is 18.5 Å². The predicted octanol–water partition coefficient (Wildman–Crippen LogP) is 3.04. The molecule has 9 heteroatoms. The minimum Gasteiger partial charge on any atom is -0.497 e. The third-order valence-corrected chi connectivity index (χ3v) is 5.99. The lowest BCUT2D eigenvalue weighted by molar-refractivity contribution is -0.387. The van der Waals surface area contributed by atoms with Crippen molar-refractivity contribution in [2.45, 2.75) is 23.8 Å². The van der Waals surface area contributed by atoms with Gasteiger partial charge in [0.25, 0.3) is 5.69 Å². The number of ether oxygens (including phenoxy) is 2. The zero-order chi connectivity index (χ0) is 19.6. The molecule has 1 saturated carbocycles. The maximum atomic E-state index is 12.9. The summed E-state index contributed by atoms with van der Waals surface area (Å²) in [4.78, 5) is 10.2. The Hall–Kier alpha value is -2.65. The molecular weight excluding hydrogens is 372 g/mol. The van der Waals surface area contributed by atoms with Crippen LogP contribution in [0.4, 0.5) is 5.69 Å². The zero-order valence-corrected chi connectivity index (χ0v) is 15.7. The average Bonchev–Trinajstić information content (AvgIpc) is 3.51. The average molecular weight is 392 g/mol. The van der Waals surface area contributed by atoms with Crippen LogP contribution in [0.5, 0.6) is 11.5 Å². The molecule has 0 bridgehead atoms. The van der Waals surface area contributed by atoms with E-state index >= 15 is 0 Å². The van der Waals surface area contributed by atoms with Gasteiger partial charge < -0.3 is 9.47 Å². The van der Waals surface area contributed by atoms with Crippen LogP contribution < -0.4 is 14.2 Å². The van der Waals surface area contributed by atoms with Crippen molar-refractivity contribution in [2.24, 2.45) is 5.92 Å². The summed E-state index contributed by atoms with van der Waals surface area (Å²) in [5, 5.41) is 11.4. The van der Waals surface area contributed by atoms with Gasteiger partial charge in [-0.2, -0.15) is 0 Å². The van der Waals surface area contributed by atoms with Crippen LogP contribution in [-0.4, -0.2) is 27.6 Å². The van der Waals surface area contributed by atoms with Crippen molar-refractivity contribution in [2.75, 3.05) is 14.2 Å². The maximum absolute atomic E-state index is 12.9. The van der Waals surface area contributed by atoms with Gasteiger partial charge in [0.2, 0.25) is 10.0 Å². The van der Waals surface area contributed by atoms with Crippen LogP contribution in [0.1, 0.15) is 24.4 Å². The predicted molar refractivity (Wildman–Crippen MR) is 98.4 cm³/mol. The number of nitro groups is 1. The van der Waals surface area contributed by atoms with Gasteiger partial charge in [0.1, 0.15) is 11.5 Å². The highest BCUT2D eigenvalue weighted by Crippen LogP contribution is 2.42. The summed E-state index contributed by atoms with van der Waals surface area (Å²) < 4.78 is 38.6. The van der Waals surface area contributed by atoms with E-state index < -0.39 is 26.7 Å². The molecule has 0 aromatic heterocycles. The van der Waals surface area contributed by atoms with E-state index in [1.807, 2.05) is 0 Å². The SMILES string of the molecule is COc1ccc(C(NS(=O)(=O)c2ccc(OC)cc2[N+](=O)[O-])C2CC2)cc1. The summed E-state index contributed by atoms with van der Waals surface area (Å²) in [6.45, 7) is 0. The molecule has 2 aromatic carbocycles. The summed E-state index contributed by atoms with van der Waals surface area (Å²) in [6.07, 6.45) is 1.79. The first-order valence-corrected chi connectivity index (χ1v) is 9.82. The Bertz CT molecular complexity index is 939. The molecule has 1 unspecified atom stereocenters. The summed E-state index contributed by atoms with van der Waals surface area (Å²) in [7, 11) is -1.19. The fraction of sp³-hybridized carbons (Fsp3) is 0.333. The number of nitrogens with one attached hydrogen (secondary N) is 1. The van der Waals surface area contributed by atoms with E-state index in [1.165, 1.54) is 19.2 Å². The van der Waals surface area contributed by atoms with Crippen LogP contribution >= 0.6 is 0 Å². The fourth-order valence-electron chi connectivity index (χ4n) is 2.90. The number of rotatable bonds is 8. The minimum atomic E-state index is -4.11. The monoisotopic (exact) mass is 392 g/mol. The van der Waals surface area contributed by atoms with Crippen LogP contribution in [0.25, 0.3) is 0 Å². The number of nitrogens with zero attached hydrogens (tertiary/aromatic N) is 1. The lowest BCUT2D eigenvalue weighted by Crippen LogP contribution is -2.30. The molecule has 0 spiro atoms. The van der Waals surface area contributed by atoms with Gasteiger partial charge in [-0.3, -0.25) is 10.1 Å². The van der Waals surface area contributed by atoms with Crippen molar-refractivity contribution in [1.29, 1.82) is 0 Å². The molecule has 0 saturated heterocycles. The second-order valence-electron chi connectivity index (χ2n) is 6.30. The topological polar surface area (TPSA) is 108 Å². The second-order valence-corrected chi connectivity index (χ2v) is 7.98. The smallest absolute Gasteiger partial charge is 0.293 e. The number of sulfonamides is 1. The molecule has 27 heavy (non-hydrogen) atoms. The Morgan fingerprint density at radius 1 is 1.07 bits per heavy atom.